The van der Waals surface area contributed by atoms with Crippen LogP contribution in [0.4, 0.5) is 0 Å². The van der Waals surface area contributed by atoms with Gasteiger partial charge in [0.1, 0.15) is 16.8 Å². The van der Waals surface area contributed by atoms with Gasteiger partial charge in [-0.2, -0.15) is 10.5 Å². The molecule has 1 aliphatic carbocycles. The summed E-state index contributed by atoms with van der Waals surface area (Å²) in [5, 5.41) is 20.1. The Morgan fingerprint density at radius 3 is 2.62 bits per heavy atom. The molecule has 0 saturated heterocycles. The average molecular weight is 336 g/mol. The first kappa shape index (κ1) is 16.6. The third-order valence-electron chi connectivity index (χ3n) is 5.15. The summed E-state index contributed by atoms with van der Waals surface area (Å²) in [4.78, 5) is 4.44. The van der Waals surface area contributed by atoms with E-state index in [-0.39, 0.29) is 0 Å². The van der Waals surface area contributed by atoms with Crippen molar-refractivity contribution in [2.75, 3.05) is 0 Å². The van der Waals surface area contributed by atoms with E-state index in [9.17, 15) is 10.5 Å². The van der Waals surface area contributed by atoms with Crippen molar-refractivity contribution in [1.82, 2.24) is 0 Å². The highest BCUT2D eigenvalue weighted by atomic mass is 32.2. The number of benzene rings is 1. The molecule has 3 rings (SSSR count). The maximum absolute atomic E-state index is 9.80. The molecule has 0 bridgehead atoms. The van der Waals surface area contributed by atoms with Crippen LogP contribution in [0.1, 0.15) is 36.8 Å². The monoisotopic (exact) mass is 336 g/mol. The summed E-state index contributed by atoms with van der Waals surface area (Å²) in [7, 11) is 0. The van der Waals surface area contributed by atoms with E-state index in [1.54, 1.807) is 11.8 Å². The largest absolute Gasteiger partial charge is 0.386 e. The van der Waals surface area contributed by atoms with Crippen LogP contribution in [0, 0.1) is 40.9 Å². The number of nitrogens with zero attached hydrogens (tertiary/aromatic N) is 3. The maximum atomic E-state index is 9.80. The van der Waals surface area contributed by atoms with Gasteiger partial charge >= 0.3 is 0 Å². The number of allylic oxidation sites excluding steroid dienone is 1. The molecule has 1 atom stereocenters. The normalized spacial score (nSPS) is 22.1. The van der Waals surface area contributed by atoms with Crippen molar-refractivity contribution in [3.05, 3.63) is 46.0 Å². The van der Waals surface area contributed by atoms with Crippen molar-refractivity contribution in [1.29, 1.82) is 10.5 Å². The molecule has 1 heterocycles. The first-order valence-electron chi connectivity index (χ1n) is 8.18. The molecule has 5 heteroatoms. The first-order valence-corrected chi connectivity index (χ1v) is 9.17. The van der Waals surface area contributed by atoms with Crippen LogP contribution in [0.25, 0.3) is 0 Å². The summed E-state index contributed by atoms with van der Waals surface area (Å²) in [6.45, 7) is 2.08. The second kappa shape index (κ2) is 6.71. The quantitative estimate of drug-likeness (QED) is 0.902. The summed E-state index contributed by atoms with van der Waals surface area (Å²) < 4.78 is 0. The SMILES string of the molecule is Cc1ccccc1CSC1=C(C#N)C2(CCCC2)C(C#N)C(N)=N1. The van der Waals surface area contributed by atoms with E-state index in [1.807, 2.05) is 12.1 Å². The topological polar surface area (TPSA) is 86.0 Å². The lowest BCUT2D eigenvalue weighted by Crippen LogP contribution is -2.41. The standard InChI is InChI=1S/C19H20N4S/c1-13-6-2-3-7-14(13)12-24-18-16(11-21)19(8-4-5-9-19)15(10-20)17(22)23-18/h2-3,6-7,15H,4-5,8-9,12H2,1H3,(H2,22,23). The fraction of sp³-hybridized carbons (Fsp3) is 0.421. The molecule has 1 saturated carbocycles. The minimum atomic E-state index is -0.475. The fourth-order valence-corrected chi connectivity index (χ4v) is 4.97. The molecule has 1 fully saturated rings. The Hall–Kier alpha value is -2.24. The molecule has 0 amide bonds. The van der Waals surface area contributed by atoms with Crippen LogP contribution in [0.5, 0.6) is 0 Å². The first-order chi connectivity index (χ1) is 11.6. The molecule has 2 N–H and O–H groups in total. The number of rotatable bonds is 3. The summed E-state index contributed by atoms with van der Waals surface area (Å²) in [5.74, 6) is 0.639. The van der Waals surface area contributed by atoms with Gasteiger partial charge < -0.3 is 5.73 Å². The molecule has 1 aromatic carbocycles. The summed E-state index contributed by atoms with van der Waals surface area (Å²) in [5.41, 5.74) is 8.81. The molecule has 24 heavy (non-hydrogen) atoms. The minimum absolute atomic E-state index is 0.366. The molecule has 0 aromatic heterocycles. The van der Waals surface area contributed by atoms with Crippen molar-refractivity contribution in [2.24, 2.45) is 22.1 Å². The highest BCUT2D eigenvalue weighted by Crippen LogP contribution is 2.54. The van der Waals surface area contributed by atoms with Gasteiger partial charge in [-0.15, -0.1) is 11.8 Å². The lowest BCUT2D eigenvalue weighted by atomic mass is 9.68. The van der Waals surface area contributed by atoms with Crippen LogP contribution in [-0.4, -0.2) is 5.84 Å². The number of aryl methyl sites for hydroxylation is 1. The smallest absolute Gasteiger partial charge is 0.119 e. The number of hydrogen-bond donors (Lipinski definition) is 1. The Balaban J connectivity index is 1.96. The molecule has 1 spiro atoms. The molecule has 1 aliphatic heterocycles. The molecule has 2 aliphatic rings. The van der Waals surface area contributed by atoms with Gasteiger partial charge in [-0.3, -0.25) is 0 Å². The molecule has 1 aromatic rings. The third kappa shape index (κ3) is 2.70. The molecular formula is C19H20N4S. The van der Waals surface area contributed by atoms with E-state index < -0.39 is 11.3 Å². The maximum Gasteiger partial charge on any atom is 0.119 e. The lowest BCUT2D eigenvalue weighted by molar-refractivity contribution is 0.329. The average Bonchev–Trinajstić information content (AvgIpc) is 3.04. The minimum Gasteiger partial charge on any atom is -0.386 e. The van der Waals surface area contributed by atoms with Crippen molar-refractivity contribution in [3.8, 4) is 12.1 Å². The van der Waals surface area contributed by atoms with E-state index in [1.165, 1.54) is 11.1 Å². The van der Waals surface area contributed by atoms with E-state index in [2.05, 4.69) is 36.2 Å². The Bertz CT molecular complexity index is 788. The zero-order chi connectivity index (χ0) is 17.2. The van der Waals surface area contributed by atoms with Crippen LogP contribution in [0.2, 0.25) is 0 Å². The molecule has 0 radical (unpaired) electrons. The zero-order valence-electron chi connectivity index (χ0n) is 13.7. The van der Waals surface area contributed by atoms with Gasteiger partial charge in [0.2, 0.25) is 0 Å². The summed E-state index contributed by atoms with van der Waals surface area (Å²) >= 11 is 1.55. The van der Waals surface area contributed by atoms with Gasteiger partial charge in [0.05, 0.1) is 17.7 Å². The number of thioether (sulfide) groups is 1. The van der Waals surface area contributed by atoms with Crippen molar-refractivity contribution in [3.63, 3.8) is 0 Å². The molecule has 122 valence electrons. The van der Waals surface area contributed by atoms with Crippen LogP contribution in [-0.2, 0) is 5.75 Å². The van der Waals surface area contributed by atoms with Crippen LogP contribution < -0.4 is 5.73 Å². The number of nitrogens with two attached hydrogens (primary N) is 1. The van der Waals surface area contributed by atoms with Gasteiger partial charge in [-0.25, -0.2) is 4.99 Å². The van der Waals surface area contributed by atoms with Gasteiger partial charge in [-0.1, -0.05) is 37.1 Å². The predicted octanol–water partition coefficient (Wildman–Crippen LogP) is 4.03. The Morgan fingerprint density at radius 1 is 1.29 bits per heavy atom. The molecule has 1 unspecified atom stereocenters. The summed E-state index contributed by atoms with van der Waals surface area (Å²) in [6.07, 6.45) is 3.76. The molecular weight excluding hydrogens is 316 g/mol. The Labute approximate surface area is 147 Å². The van der Waals surface area contributed by atoms with E-state index in [4.69, 9.17) is 5.73 Å². The van der Waals surface area contributed by atoms with Crippen LogP contribution in [0.15, 0.2) is 39.9 Å². The van der Waals surface area contributed by atoms with Crippen molar-refractivity contribution in [2.45, 2.75) is 38.4 Å². The van der Waals surface area contributed by atoms with Crippen molar-refractivity contribution < 1.29 is 0 Å². The fourth-order valence-electron chi connectivity index (χ4n) is 3.79. The number of hydrogen-bond acceptors (Lipinski definition) is 5. The highest BCUT2D eigenvalue weighted by molar-refractivity contribution is 8.02. The molecule has 4 nitrogen and oxygen atoms in total. The van der Waals surface area contributed by atoms with Crippen molar-refractivity contribution >= 4 is 17.6 Å². The van der Waals surface area contributed by atoms with Crippen LogP contribution in [0.3, 0.4) is 0 Å². The third-order valence-corrected chi connectivity index (χ3v) is 6.18. The number of nitriles is 2. The Morgan fingerprint density at radius 2 is 2.00 bits per heavy atom. The summed E-state index contributed by atoms with van der Waals surface area (Å²) in [6, 6.07) is 12.9. The number of amidine groups is 1. The number of aliphatic imine (C=N–C) groups is 1. The van der Waals surface area contributed by atoms with Gasteiger partial charge in [0.15, 0.2) is 0 Å². The second-order valence-corrected chi connectivity index (χ2v) is 7.43. The highest BCUT2D eigenvalue weighted by Gasteiger charge is 2.50. The Kier molecular flexibility index (Phi) is 4.64. The van der Waals surface area contributed by atoms with Gasteiger partial charge in [-0.05, 0) is 30.9 Å². The van der Waals surface area contributed by atoms with Gasteiger partial charge in [0, 0.05) is 11.2 Å². The van der Waals surface area contributed by atoms with Gasteiger partial charge in [0.25, 0.3) is 0 Å². The lowest BCUT2D eigenvalue weighted by Gasteiger charge is -2.36. The zero-order valence-corrected chi connectivity index (χ0v) is 14.6. The van der Waals surface area contributed by atoms with Crippen LogP contribution >= 0.6 is 11.8 Å². The van der Waals surface area contributed by atoms with E-state index in [0.717, 1.165) is 31.4 Å². The van der Waals surface area contributed by atoms with E-state index in [0.29, 0.717) is 16.4 Å². The second-order valence-electron chi connectivity index (χ2n) is 6.47. The predicted molar refractivity (Wildman–Crippen MR) is 96.7 cm³/mol. The van der Waals surface area contributed by atoms with E-state index >= 15 is 0 Å².